The molecular formula is C20H25FN4O. The average molecular weight is 356 g/mol. The van der Waals surface area contributed by atoms with Gasteiger partial charge in [-0.15, -0.1) is 0 Å². The summed E-state index contributed by atoms with van der Waals surface area (Å²) in [6, 6.07) is 10.6. The molecule has 0 atom stereocenters. The third-order valence-corrected chi connectivity index (χ3v) is 4.24. The number of aromatic nitrogens is 1. The van der Waals surface area contributed by atoms with Crippen LogP contribution in [0.4, 0.5) is 4.39 Å². The largest absolute Gasteiger partial charge is 0.477 e. The lowest BCUT2D eigenvalue weighted by molar-refractivity contribution is 0.288. The summed E-state index contributed by atoms with van der Waals surface area (Å²) in [6.07, 6.45) is 5.02. The van der Waals surface area contributed by atoms with E-state index in [1.165, 1.54) is 18.9 Å². The van der Waals surface area contributed by atoms with Crippen molar-refractivity contribution in [3.63, 3.8) is 0 Å². The summed E-state index contributed by atoms with van der Waals surface area (Å²) in [4.78, 5) is 8.47. The molecule has 0 aliphatic heterocycles. The molecule has 0 unspecified atom stereocenters. The Morgan fingerprint density at radius 1 is 1.23 bits per heavy atom. The van der Waals surface area contributed by atoms with Crippen LogP contribution in [0, 0.1) is 11.7 Å². The summed E-state index contributed by atoms with van der Waals surface area (Å²) < 4.78 is 18.9. The highest BCUT2D eigenvalue weighted by Gasteiger charge is 2.22. The van der Waals surface area contributed by atoms with E-state index < -0.39 is 0 Å². The lowest BCUT2D eigenvalue weighted by Gasteiger charge is -2.12. The Morgan fingerprint density at radius 2 is 2.12 bits per heavy atom. The Labute approximate surface area is 153 Å². The number of nitrogens with zero attached hydrogens (tertiary/aromatic N) is 2. The van der Waals surface area contributed by atoms with Crippen LogP contribution in [-0.2, 0) is 13.0 Å². The first-order valence-corrected chi connectivity index (χ1v) is 8.99. The van der Waals surface area contributed by atoms with Crippen molar-refractivity contribution < 1.29 is 9.13 Å². The predicted molar refractivity (Wildman–Crippen MR) is 101 cm³/mol. The first-order valence-electron chi connectivity index (χ1n) is 8.99. The van der Waals surface area contributed by atoms with Crippen LogP contribution in [0.5, 0.6) is 5.88 Å². The van der Waals surface area contributed by atoms with Crippen molar-refractivity contribution in [3.05, 3.63) is 59.5 Å². The SMILES string of the molecule is CN=C(NCCc1cccc(F)c1)NCc1ccnc(OCC2CC2)c1. The number of rotatable bonds is 8. The zero-order chi connectivity index (χ0) is 18.2. The van der Waals surface area contributed by atoms with Crippen molar-refractivity contribution in [3.8, 4) is 5.88 Å². The third-order valence-electron chi connectivity index (χ3n) is 4.24. The van der Waals surface area contributed by atoms with Crippen molar-refractivity contribution >= 4 is 5.96 Å². The minimum absolute atomic E-state index is 0.206. The Bertz CT molecular complexity index is 746. The molecule has 1 aliphatic carbocycles. The van der Waals surface area contributed by atoms with Crippen LogP contribution < -0.4 is 15.4 Å². The number of hydrogen-bond donors (Lipinski definition) is 2. The molecule has 138 valence electrons. The highest BCUT2D eigenvalue weighted by Crippen LogP contribution is 2.29. The first kappa shape index (κ1) is 18.2. The molecule has 6 heteroatoms. The quantitative estimate of drug-likeness (QED) is 0.564. The minimum Gasteiger partial charge on any atom is -0.477 e. The van der Waals surface area contributed by atoms with E-state index in [4.69, 9.17) is 4.74 Å². The van der Waals surface area contributed by atoms with Gasteiger partial charge >= 0.3 is 0 Å². The van der Waals surface area contributed by atoms with Gasteiger partial charge in [-0.1, -0.05) is 12.1 Å². The Kier molecular flexibility index (Phi) is 6.41. The molecule has 1 aromatic carbocycles. The van der Waals surface area contributed by atoms with Crippen molar-refractivity contribution in [1.29, 1.82) is 0 Å². The molecule has 26 heavy (non-hydrogen) atoms. The topological polar surface area (TPSA) is 58.5 Å². The lowest BCUT2D eigenvalue weighted by Crippen LogP contribution is -2.37. The number of aliphatic imine (C=N–C) groups is 1. The molecule has 0 amide bonds. The van der Waals surface area contributed by atoms with Crippen molar-refractivity contribution in [2.24, 2.45) is 10.9 Å². The number of pyridine rings is 1. The smallest absolute Gasteiger partial charge is 0.213 e. The van der Waals surface area contributed by atoms with Crippen LogP contribution in [0.15, 0.2) is 47.6 Å². The number of benzene rings is 1. The molecule has 0 bridgehead atoms. The zero-order valence-corrected chi connectivity index (χ0v) is 15.0. The van der Waals surface area contributed by atoms with Gasteiger partial charge in [-0.2, -0.15) is 0 Å². The van der Waals surface area contributed by atoms with Gasteiger partial charge in [0.05, 0.1) is 6.61 Å². The van der Waals surface area contributed by atoms with Gasteiger partial charge in [0.15, 0.2) is 5.96 Å². The van der Waals surface area contributed by atoms with E-state index in [-0.39, 0.29) is 5.82 Å². The van der Waals surface area contributed by atoms with Crippen LogP contribution >= 0.6 is 0 Å². The van der Waals surface area contributed by atoms with E-state index >= 15 is 0 Å². The van der Waals surface area contributed by atoms with Gasteiger partial charge in [0.2, 0.25) is 5.88 Å². The molecule has 1 fully saturated rings. The van der Waals surface area contributed by atoms with E-state index in [1.807, 2.05) is 18.2 Å². The second-order valence-corrected chi connectivity index (χ2v) is 6.49. The second-order valence-electron chi connectivity index (χ2n) is 6.49. The van der Waals surface area contributed by atoms with Gasteiger partial charge in [-0.25, -0.2) is 9.37 Å². The van der Waals surface area contributed by atoms with E-state index in [2.05, 4.69) is 20.6 Å². The fourth-order valence-corrected chi connectivity index (χ4v) is 2.55. The normalized spacial score (nSPS) is 14.2. The Hall–Kier alpha value is -2.63. The zero-order valence-electron chi connectivity index (χ0n) is 15.0. The maximum atomic E-state index is 13.2. The van der Waals surface area contributed by atoms with Gasteiger partial charge in [0, 0.05) is 32.4 Å². The summed E-state index contributed by atoms with van der Waals surface area (Å²) in [7, 11) is 1.73. The molecule has 1 aromatic heterocycles. The number of ether oxygens (including phenoxy) is 1. The van der Waals surface area contributed by atoms with Gasteiger partial charge < -0.3 is 15.4 Å². The third kappa shape index (κ3) is 6.02. The van der Waals surface area contributed by atoms with Crippen LogP contribution in [0.2, 0.25) is 0 Å². The van der Waals surface area contributed by atoms with Crippen molar-refractivity contribution in [2.45, 2.75) is 25.8 Å². The lowest BCUT2D eigenvalue weighted by atomic mass is 10.1. The maximum absolute atomic E-state index is 13.2. The highest BCUT2D eigenvalue weighted by molar-refractivity contribution is 5.79. The number of hydrogen-bond acceptors (Lipinski definition) is 3. The van der Waals surface area contributed by atoms with Crippen LogP contribution in [0.1, 0.15) is 24.0 Å². The Balaban J connectivity index is 1.42. The van der Waals surface area contributed by atoms with Gasteiger partial charge in [0.1, 0.15) is 5.82 Å². The first-order chi connectivity index (χ1) is 12.7. The van der Waals surface area contributed by atoms with Crippen LogP contribution in [0.25, 0.3) is 0 Å². The van der Waals surface area contributed by atoms with E-state index in [0.29, 0.717) is 30.8 Å². The molecule has 1 aliphatic rings. The summed E-state index contributed by atoms with van der Waals surface area (Å²) in [5, 5.41) is 6.51. The summed E-state index contributed by atoms with van der Waals surface area (Å²) in [5.41, 5.74) is 2.04. The van der Waals surface area contributed by atoms with Crippen molar-refractivity contribution in [1.82, 2.24) is 15.6 Å². The minimum atomic E-state index is -0.206. The van der Waals surface area contributed by atoms with E-state index in [0.717, 1.165) is 24.2 Å². The van der Waals surface area contributed by atoms with Gasteiger partial charge in [-0.3, -0.25) is 4.99 Å². The van der Waals surface area contributed by atoms with Crippen LogP contribution in [-0.4, -0.2) is 31.1 Å². The monoisotopic (exact) mass is 356 g/mol. The molecule has 0 spiro atoms. The highest BCUT2D eigenvalue weighted by atomic mass is 19.1. The summed E-state index contributed by atoms with van der Waals surface area (Å²) >= 11 is 0. The Morgan fingerprint density at radius 3 is 2.88 bits per heavy atom. The summed E-state index contributed by atoms with van der Waals surface area (Å²) in [5.74, 6) is 1.88. The van der Waals surface area contributed by atoms with Gasteiger partial charge in [-0.05, 0) is 54.5 Å². The average Bonchev–Trinajstić information content (AvgIpc) is 3.48. The molecule has 1 saturated carbocycles. The second kappa shape index (κ2) is 9.17. The molecule has 0 radical (unpaired) electrons. The number of guanidine groups is 1. The molecule has 2 aromatic rings. The standard InChI is InChI=1S/C20H25FN4O/c1-22-20(24-10-7-15-3-2-4-18(21)11-15)25-13-17-8-9-23-19(12-17)26-14-16-5-6-16/h2-4,8-9,11-12,16H,5-7,10,13-14H2,1H3,(H2,22,24,25). The molecular weight excluding hydrogens is 331 g/mol. The van der Waals surface area contributed by atoms with E-state index in [1.54, 1.807) is 25.4 Å². The van der Waals surface area contributed by atoms with Crippen molar-refractivity contribution in [2.75, 3.05) is 20.2 Å². The maximum Gasteiger partial charge on any atom is 0.213 e. The van der Waals surface area contributed by atoms with Gasteiger partial charge in [0.25, 0.3) is 0 Å². The predicted octanol–water partition coefficient (Wildman–Crippen LogP) is 2.92. The van der Waals surface area contributed by atoms with E-state index in [9.17, 15) is 4.39 Å². The van der Waals surface area contributed by atoms with Crippen LogP contribution in [0.3, 0.4) is 0 Å². The summed E-state index contributed by atoms with van der Waals surface area (Å²) in [6.45, 7) is 2.06. The number of nitrogens with one attached hydrogen (secondary N) is 2. The molecule has 2 N–H and O–H groups in total. The fourth-order valence-electron chi connectivity index (χ4n) is 2.55. The molecule has 1 heterocycles. The molecule has 5 nitrogen and oxygen atoms in total. The molecule has 3 rings (SSSR count). The number of halogens is 1. The molecule has 0 saturated heterocycles. The fraction of sp³-hybridized carbons (Fsp3) is 0.400.